The molecule has 2 aromatic carbocycles. The number of nitrogens with zero attached hydrogens (tertiary/aromatic N) is 2. The molecule has 2 heterocycles. The van der Waals surface area contributed by atoms with E-state index in [1.165, 1.54) is 5.56 Å². The lowest BCUT2D eigenvalue weighted by molar-refractivity contribution is -0.137. The number of hydrogen-bond acceptors (Lipinski definition) is 5. The van der Waals surface area contributed by atoms with Crippen LogP contribution in [0.15, 0.2) is 53.5 Å². The number of rotatable bonds is 7. The SMILES string of the molecule is CCCN1Cc2ccccc2C[C@@]2(COC(c3ccc(OCCCO)cc3)=N2)C1=O. The van der Waals surface area contributed by atoms with Crippen molar-refractivity contribution >= 4 is 11.8 Å². The van der Waals surface area contributed by atoms with Crippen LogP contribution in [-0.4, -0.2) is 53.7 Å². The first-order valence-electron chi connectivity index (χ1n) is 10.6. The Morgan fingerprint density at radius 1 is 1.17 bits per heavy atom. The van der Waals surface area contributed by atoms with Crippen molar-refractivity contribution in [1.82, 2.24) is 4.90 Å². The van der Waals surface area contributed by atoms with Gasteiger partial charge in [-0.15, -0.1) is 0 Å². The van der Waals surface area contributed by atoms with Crippen molar-refractivity contribution in [3.05, 3.63) is 65.2 Å². The Bertz CT molecular complexity index is 925. The summed E-state index contributed by atoms with van der Waals surface area (Å²) in [5.74, 6) is 1.27. The third-order valence-electron chi connectivity index (χ3n) is 5.58. The molecule has 4 rings (SSSR count). The van der Waals surface area contributed by atoms with Crippen LogP contribution < -0.4 is 4.74 Å². The molecule has 2 aliphatic heterocycles. The molecule has 6 nitrogen and oxygen atoms in total. The molecule has 30 heavy (non-hydrogen) atoms. The van der Waals surface area contributed by atoms with E-state index in [0.717, 1.165) is 23.3 Å². The first-order chi connectivity index (χ1) is 14.6. The summed E-state index contributed by atoms with van der Waals surface area (Å²) in [4.78, 5) is 20.3. The van der Waals surface area contributed by atoms with Gasteiger partial charge in [-0.05, 0) is 41.8 Å². The fraction of sp³-hybridized carbons (Fsp3) is 0.417. The van der Waals surface area contributed by atoms with Crippen molar-refractivity contribution in [1.29, 1.82) is 0 Å². The highest BCUT2D eigenvalue weighted by molar-refractivity contribution is 6.00. The lowest BCUT2D eigenvalue weighted by Crippen LogP contribution is -2.48. The Labute approximate surface area is 177 Å². The van der Waals surface area contributed by atoms with E-state index in [2.05, 4.69) is 19.1 Å². The summed E-state index contributed by atoms with van der Waals surface area (Å²) in [7, 11) is 0. The second-order valence-corrected chi connectivity index (χ2v) is 7.86. The Balaban J connectivity index is 1.61. The summed E-state index contributed by atoms with van der Waals surface area (Å²) in [5, 5.41) is 8.86. The average molecular weight is 408 g/mol. The molecule has 1 spiro atoms. The topological polar surface area (TPSA) is 71.4 Å². The molecular formula is C24H28N2O4. The molecule has 6 heteroatoms. The van der Waals surface area contributed by atoms with E-state index in [4.69, 9.17) is 19.6 Å². The van der Waals surface area contributed by atoms with E-state index in [1.807, 2.05) is 41.3 Å². The molecule has 0 aromatic heterocycles. The first kappa shape index (κ1) is 20.4. The number of fused-ring (bicyclic) bond motifs is 1. The van der Waals surface area contributed by atoms with Gasteiger partial charge >= 0.3 is 0 Å². The monoisotopic (exact) mass is 408 g/mol. The van der Waals surface area contributed by atoms with Crippen LogP contribution in [-0.2, 0) is 22.5 Å². The van der Waals surface area contributed by atoms with Gasteiger partial charge in [-0.1, -0.05) is 31.2 Å². The van der Waals surface area contributed by atoms with Crippen molar-refractivity contribution in [3.8, 4) is 5.75 Å². The normalized spacial score (nSPS) is 20.5. The molecule has 0 saturated carbocycles. The zero-order chi connectivity index (χ0) is 21.0. The summed E-state index contributed by atoms with van der Waals surface area (Å²) in [6.45, 7) is 4.24. The van der Waals surface area contributed by atoms with Gasteiger partial charge in [0.1, 0.15) is 12.4 Å². The van der Waals surface area contributed by atoms with Crippen LogP contribution in [0.4, 0.5) is 0 Å². The van der Waals surface area contributed by atoms with E-state index in [9.17, 15) is 4.79 Å². The summed E-state index contributed by atoms with van der Waals surface area (Å²) < 4.78 is 11.6. The molecule has 158 valence electrons. The molecule has 1 atom stereocenters. The van der Waals surface area contributed by atoms with Crippen molar-refractivity contribution in [3.63, 3.8) is 0 Å². The van der Waals surface area contributed by atoms with Crippen LogP contribution in [0.3, 0.4) is 0 Å². The number of aliphatic hydroxyl groups is 1. The van der Waals surface area contributed by atoms with Crippen molar-refractivity contribution in [2.45, 2.75) is 38.3 Å². The molecule has 2 aromatic rings. The predicted molar refractivity (Wildman–Crippen MR) is 115 cm³/mol. The number of amides is 1. The van der Waals surface area contributed by atoms with Gasteiger partial charge in [-0.2, -0.15) is 0 Å². The smallest absolute Gasteiger partial charge is 0.254 e. The van der Waals surface area contributed by atoms with Crippen LogP contribution in [0.2, 0.25) is 0 Å². The van der Waals surface area contributed by atoms with E-state index < -0.39 is 5.54 Å². The van der Waals surface area contributed by atoms with E-state index in [-0.39, 0.29) is 19.1 Å². The number of aliphatic imine (C=N–C) groups is 1. The van der Waals surface area contributed by atoms with Crippen molar-refractivity contribution < 1.29 is 19.4 Å². The van der Waals surface area contributed by atoms with Gasteiger partial charge in [0, 0.05) is 38.1 Å². The number of carbonyl (C=O) groups is 1. The molecule has 0 aliphatic carbocycles. The highest BCUT2D eigenvalue weighted by atomic mass is 16.5. The molecular weight excluding hydrogens is 380 g/mol. The number of aliphatic hydroxyl groups excluding tert-OH is 1. The van der Waals surface area contributed by atoms with Gasteiger partial charge in [0.15, 0.2) is 5.54 Å². The Kier molecular flexibility index (Phi) is 6.04. The summed E-state index contributed by atoms with van der Waals surface area (Å²) in [5.41, 5.74) is 2.26. The van der Waals surface area contributed by atoms with Crippen LogP contribution in [0, 0.1) is 0 Å². The molecule has 1 amide bonds. The van der Waals surface area contributed by atoms with Gasteiger partial charge in [0.05, 0.1) is 6.61 Å². The summed E-state index contributed by atoms with van der Waals surface area (Å²) >= 11 is 0. The van der Waals surface area contributed by atoms with Gasteiger partial charge < -0.3 is 19.5 Å². The van der Waals surface area contributed by atoms with Gasteiger partial charge in [0.25, 0.3) is 5.91 Å². The number of benzene rings is 2. The Hall–Kier alpha value is -2.86. The van der Waals surface area contributed by atoms with Crippen LogP contribution in [0.5, 0.6) is 5.75 Å². The van der Waals surface area contributed by atoms with E-state index >= 15 is 0 Å². The zero-order valence-corrected chi connectivity index (χ0v) is 17.3. The maximum Gasteiger partial charge on any atom is 0.254 e. The van der Waals surface area contributed by atoms with Crippen LogP contribution in [0.25, 0.3) is 0 Å². The van der Waals surface area contributed by atoms with Gasteiger partial charge in [-0.25, -0.2) is 4.99 Å². The second kappa shape index (κ2) is 8.88. The maximum absolute atomic E-state index is 13.5. The molecule has 1 N–H and O–H groups in total. The van der Waals surface area contributed by atoms with Crippen LogP contribution >= 0.6 is 0 Å². The third-order valence-corrected chi connectivity index (χ3v) is 5.58. The standard InChI is InChI=1S/C24H28N2O4/c1-2-12-26-16-20-7-4-3-6-19(20)15-24(23(26)28)17-30-22(25-24)18-8-10-21(11-9-18)29-14-5-13-27/h3-4,6-11,27H,2,5,12-17H2,1H3/t24-/m1/s1. The maximum atomic E-state index is 13.5. The number of hydrogen-bond donors (Lipinski definition) is 1. The second-order valence-electron chi connectivity index (χ2n) is 7.86. The van der Waals surface area contributed by atoms with Crippen LogP contribution in [0.1, 0.15) is 36.5 Å². The van der Waals surface area contributed by atoms with E-state index in [1.54, 1.807) is 0 Å². The Morgan fingerprint density at radius 3 is 2.67 bits per heavy atom. The minimum absolute atomic E-state index is 0.0412. The quantitative estimate of drug-likeness (QED) is 0.715. The lowest BCUT2D eigenvalue weighted by atomic mass is 9.91. The third kappa shape index (κ3) is 4.05. The molecule has 0 saturated heterocycles. The zero-order valence-electron chi connectivity index (χ0n) is 17.3. The highest BCUT2D eigenvalue weighted by Gasteiger charge is 2.48. The number of ether oxygens (including phenoxy) is 2. The fourth-order valence-electron chi connectivity index (χ4n) is 4.04. The molecule has 0 radical (unpaired) electrons. The minimum Gasteiger partial charge on any atom is -0.494 e. The van der Waals surface area contributed by atoms with Gasteiger partial charge in [0.2, 0.25) is 5.90 Å². The van der Waals surface area contributed by atoms with E-state index in [0.29, 0.717) is 38.4 Å². The molecule has 0 unspecified atom stereocenters. The highest BCUT2D eigenvalue weighted by Crippen LogP contribution is 2.33. The molecule has 0 bridgehead atoms. The van der Waals surface area contributed by atoms with Crippen molar-refractivity contribution in [2.24, 2.45) is 4.99 Å². The fourth-order valence-corrected chi connectivity index (χ4v) is 4.04. The van der Waals surface area contributed by atoms with Gasteiger partial charge in [-0.3, -0.25) is 4.79 Å². The number of carbonyl (C=O) groups excluding carboxylic acids is 1. The average Bonchev–Trinajstić information content (AvgIpc) is 3.15. The molecule has 2 aliphatic rings. The minimum atomic E-state index is -0.909. The van der Waals surface area contributed by atoms with Crippen molar-refractivity contribution in [2.75, 3.05) is 26.4 Å². The molecule has 0 fully saturated rings. The lowest BCUT2D eigenvalue weighted by Gasteiger charge is -2.27. The largest absolute Gasteiger partial charge is 0.494 e. The predicted octanol–water partition coefficient (Wildman–Crippen LogP) is 2.96. The first-order valence-corrected chi connectivity index (χ1v) is 10.6. The summed E-state index contributed by atoms with van der Waals surface area (Å²) in [6, 6.07) is 15.7. The summed E-state index contributed by atoms with van der Waals surface area (Å²) in [6.07, 6.45) is 2.05. The Morgan fingerprint density at radius 2 is 1.93 bits per heavy atom.